The van der Waals surface area contributed by atoms with Gasteiger partial charge >= 0.3 is 6.09 Å². The molecule has 5 aliphatic rings. The highest BCUT2D eigenvalue weighted by Gasteiger charge is 2.50. The van der Waals surface area contributed by atoms with Crippen LogP contribution in [-0.4, -0.2) is 36.0 Å². The highest BCUT2D eigenvalue weighted by atomic mass is 16.7. The monoisotopic (exact) mass is 321 g/mol. The first-order chi connectivity index (χ1) is 11.0. The van der Waals surface area contributed by atoms with Gasteiger partial charge in [0.15, 0.2) is 0 Å². The van der Waals surface area contributed by atoms with E-state index in [0.717, 1.165) is 37.8 Å². The molecule has 0 spiro atoms. The quantitative estimate of drug-likeness (QED) is 0.732. The van der Waals surface area contributed by atoms with E-state index in [4.69, 9.17) is 9.47 Å². The lowest BCUT2D eigenvalue weighted by Gasteiger charge is -2.55. The molecular formula is C19H31NO3. The molecule has 4 saturated carbocycles. The van der Waals surface area contributed by atoms with Gasteiger partial charge in [-0.3, -0.25) is 0 Å². The number of carbonyl (C=O) groups is 1. The Balaban J connectivity index is 1.36. The summed E-state index contributed by atoms with van der Waals surface area (Å²) in [7, 11) is 0. The molecule has 4 bridgehead atoms. The zero-order valence-corrected chi connectivity index (χ0v) is 14.6. The molecule has 0 aromatic carbocycles. The summed E-state index contributed by atoms with van der Waals surface area (Å²) in [4.78, 5) is 14.2. The smallest absolute Gasteiger partial charge is 0.412 e. The van der Waals surface area contributed by atoms with E-state index in [9.17, 15) is 4.79 Å². The van der Waals surface area contributed by atoms with Gasteiger partial charge in [0.25, 0.3) is 0 Å². The lowest BCUT2D eigenvalue weighted by Crippen LogP contribution is -2.53. The second kappa shape index (κ2) is 5.94. The molecule has 4 aliphatic carbocycles. The number of hydrogen-bond acceptors (Lipinski definition) is 3. The van der Waals surface area contributed by atoms with Crippen molar-refractivity contribution in [3.8, 4) is 0 Å². The van der Waals surface area contributed by atoms with E-state index < -0.39 is 5.79 Å². The van der Waals surface area contributed by atoms with Crippen LogP contribution in [-0.2, 0) is 9.47 Å². The molecule has 0 atom stereocenters. The number of likely N-dealkylation sites (tertiary alicyclic amines) is 1. The molecule has 1 amide bonds. The Kier molecular flexibility index (Phi) is 4.07. The fourth-order valence-corrected chi connectivity index (χ4v) is 5.77. The maximum Gasteiger partial charge on any atom is 0.412 e. The van der Waals surface area contributed by atoms with Gasteiger partial charge in [0.2, 0.25) is 5.79 Å². The summed E-state index contributed by atoms with van der Waals surface area (Å²) >= 11 is 0. The molecule has 5 rings (SSSR count). The Hall–Kier alpha value is -0.770. The largest absolute Gasteiger partial charge is 0.417 e. The van der Waals surface area contributed by atoms with Crippen LogP contribution in [0.3, 0.4) is 0 Å². The van der Waals surface area contributed by atoms with E-state index in [1.807, 2.05) is 18.7 Å². The summed E-state index contributed by atoms with van der Waals surface area (Å²) in [6.07, 6.45) is 10.3. The summed E-state index contributed by atoms with van der Waals surface area (Å²) in [5, 5.41) is 0. The van der Waals surface area contributed by atoms with Crippen molar-refractivity contribution in [1.29, 1.82) is 0 Å². The molecule has 4 heteroatoms. The number of amides is 1. The van der Waals surface area contributed by atoms with E-state index in [1.165, 1.54) is 38.5 Å². The lowest BCUT2D eigenvalue weighted by molar-refractivity contribution is -0.256. The Morgan fingerprint density at radius 1 is 0.913 bits per heavy atom. The van der Waals surface area contributed by atoms with Crippen LogP contribution in [0.4, 0.5) is 4.79 Å². The molecule has 1 saturated heterocycles. The van der Waals surface area contributed by atoms with Crippen LogP contribution in [0, 0.1) is 23.7 Å². The van der Waals surface area contributed by atoms with Crippen molar-refractivity contribution in [2.24, 2.45) is 23.7 Å². The van der Waals surface area contributed by atoms with Crippen molar-refractivity contribution < 1.29 is 14.3 Å². The maximum atomic E-state index is 12.4. The number of piperidine rings is 1. The number of hydrogen-bond donors (Lipinski definition) is 0. The highest BCUT2D eigenvalue weighted by molar-refractivity contribution is 5.68. The number of ether oxygens (including phenoxy) is 2. The Morgan fingerprint density at radius 2 is 1.48 bits per heavy atom. The molecule has 23 heavy (non-hydrogen) atoms. The summed E-state index contributed by atoms with van der Waals surface area (Å²) in [5.74, 6) is 2.46. The average molecular weight is 321 g/mol. The fourth-order valence-electron chi connectivity index (χ4n) is 5.77. The van der Waals surface area contributed by atoms with E-state index in [0.29, 0.717) is 17.9 Å². The first kappa shape index (κ1) is 15.7. The molecule has 5 fully saturated rings. The Morgan fingerprint density at radius 3 is 2.04 bits per heavy atom. The van der Waals surface area contributed by atoms with E-state index in [2.05, 4.69) is 0 Å². The third-order valence-corrected chi connectivity index (χ3v) is 6.51. The van der Waals surface area contributed by atoms with E-state index >= 15 is 0 Å². The van der Waals surface area contributed by atoms with Crippen molar-refractivity contribution in [2.75, 3.05) is 13.1 Å². The SMILES string of the molecule is CC(C)(OC(=O)N1CCCCC1)OC1C2CC3CC(C2)CC1C3. The van der Waals surface area contributed by atoms with Gasteiger partial charge in [-0.1, -0.05) is 0 Å². The lowest BCUT2D eigenvalue weighted by atomic mass is 9.55. The number of carbonyl (C=O) groups excluding carboxylic acids is 1. The van der Waals surface area contributed by atoms with Crippen molar-refractivity contribution in [3.63, 3.8) is 0 Å². The molecule has 1 heterocycles. The predicted molar refractivity (Wildman–Crippen MR) is 87.9 cm³/mol. The van der Waals surface area contributed by atoms with Gasteiger partial charge in [0.05, 0.1) is 6.10 Å². The van der Waals surface area contributed by atoms with Gasteiger partial charge in [-0.15, -0.1) is 0 Å². The van der Waals surface area contributed by atoms with Gasteiger partial charge in [-0.2, -0.15) is 0 Å². The highest BCUT2D eigenvalue weighted by Crippen LogP contribution is 2.55. The third-order valence-electron chi connectivity index (χ3n) is 6.51. The second-order valence-electron chi connectivity index (χ2n) is 8.83. The van der Waals surface area contributed by atoms with Gasteiger partial charge in [-0.25, -0.2) is 4.79 Å². The van der Waals surface area contributed by atoms with Crippen LogP contribution in [0.2, 0.25) is 0 Å². The van der Waals surface area contributed by atoms with Crippen molar-refractivity contribution >= 4 is 6.09 Å². The first-order valence-corrected chi connectivity index (χ1v) is 9.66. The van der Waals surface area contributed by atoms with Crippen LogP contribution in [0.5, 0.6) is 0 Å². The van der Waals surface area contributed by atoms with E-state index in [1.54, 1.807) is 0 Å². The standard InChI is InChI=1S/C19H31NO3/c1-19(2,23-18(21)20-6-4-3-5-7-20)22-17-15-9-13-8-14(11-15)12-16(17)10-13/h13-17H,3-12H2,1-2H3. The van der Waals surface area contributed by atoms with Crippen LogP contribution in [0.15, 0.2) is 0 Å². The summed E-state index contributed by atoms with van der Waals surface area (Å²) in [6.45, 7) is 5.49. The van der Waals surface area contributed by atoms with Crippen molar-refractivity contribution in [1.82, 2.24) is 4.90 Å². The summed E-state index contributed by atoms with van der Waals surface area (Å²) in [6, 6.07) is 0. The van der Waals surface area contributed by atoms with Gasteiger partial charge in [0, 0.05) is 26.9 Å². The average Bonchev–Trinajstić information content (AvgIpc) is 2.50. The molecular weight excluding hydrogens is 290 g/mol. The summed E-state index contributed by atoms with van der Waals surface area (Å²) < 4.78 is 12.2. The number of nitrogens with zero attached hydrogens (tertiary/aromatic N) is 1. The molecule has 0 aromatic rings. The van der Waals surface area contributed by atoms with Crippen LogP contribution in [0.25, 0.3) is 0 Å². The summed E-state index contributed by atoms with van der Waals surface area (Å²) in [5.41, 5.74) is 0. The molecule has 1 aliphatic heterocycles. The van der Waals surface area contributed by atoms with Crippen molar-refractivity contribution in [3.05, 3.63) is 0 Å². The molecule has 130 valence electrons. The molecule has 4 nitrogen and oxygen atoms in total. The minimum Gasteiger partial charge on any atom is -0.417 e. The molecule has 0 radical (unpaired) electrons. The minimum absolute atomic E-state index is 0.196. The van der Waals surface area contributed by atoms with Crippen LogP contribution < -0.4 is 0 Å². The zero-order chi connectivity index (χ0) is 16.0. The Labute approximate surface area is 139 Å². The topological polar surface area (TPSA) is 38.8 Å². The van der Waals surface area contributed by atoms with Crippen LogP contribution >= 0.6 is 0 Å². The van der Waals surface area contributed by atoms with Crippen LogP contribution in [0.1, 0.15) is 65.2 Å². The molecule has 0 aromatic heterocycles. The molecule has 0 N–H and O–H groups in total. The van der Waals surface area contributed by atoms with Gasteiger partial charge in [-0.05, 0) is 75.0 Å². The third kappa shape index (κ3) is 3.24. The fraction of sp³-hybridized carbons (Fsp3) is 0.947. The number of rotatable bonds is 3. The predicted octanol–water partition coefficient (Wildman–Crippen LogP) is 4.19. The maximum absolute atomic E-state index is 12.4. The normalized spacial score (nSPS) is 39.6. The minimum atomic E-state index is -0.811. The zero-order valence-electron chi connectivity index (χ0n) is 14.6. The van der Waals surface area contributed by atoms with Crippen molar-refractivity contribution in [2.45, 2.75) is 77.1 Å². The van der Waals surface area contributed by atoms with Gasteiger partial charge < -0.3 is 14.4 Å². The van der Waals surface area contributed by atoms with E-state index in [-0.39, 0.29) is 6.09 Å². The molecule has 0 unspecified atom stereocenters. The Bertz CT molecular complexity index is 428. The first-order valence-electron chi connectivity index (χ1n) is 9.66. The van der Waals surface area contributed by atoms with Gasteiger partial charge in [0.1, 0.15) is 0 Å². The second-order valence-corrected chi connectivity index (χ2v) is 8.83.